The van der Waals surface area contributed by atoms with Crippen LogP contribution in [0.25, 0.3) is 0 Å². The lowest BCUT2D eigenvalue weighted by Crippen LogP contribution is -2.02. The molecule has 1 aromatic carbocycles. The van der Waals surface area contributed by atoms with Gasteiger partial charge >= 0.3 is 0 Å². The van der Waals surface area contributed by atoms with E-state index in [1.807, 2.05) is 39.0 Å². The Morgan fingerprint density at radius 2 is 2.07 bits per heavy atom. The molecular weight excluding hydrogens is 174 g/mol. The molecule has 0 spiro atoms. The summed E-state index contributed by atoms with van der Waals surface area (Å²) in [5, 5.41) is 8.77. The molecule has 1 rings (SSSR count). The van der Waals surface area contributed by atoms with Crippen molar-refractivity contribution in [1.82, 2.24) is 0 Å². The molecule has 0 amide bonds. The maximum absolute atomic E-state index is 8.77. The van der Waals surface area contributed by atoms with E-state index in [1.54, 1.807) is 0 Å². The fourth-order valence-corrected chi connectivity index (χ4v) is 1.27. The van der Waals surface area contributed by atoms with E-state index >= 15 is 0 Å². The van der Waals surface area contributed by atoms with Crippen molar-refractivity contribution >= 4 is 0 Å². The molecule has 0 N–H and O–H groups in total. The summed E-state index contributed by atoms with van der Waals surface area (Å²) in [6.07, 6.45) is 0.223. The van der Waals surface area contributed by atoms with E-state index in [4.69, 9.17) is 10.00 Å². The van der Waals surface area contributed by atoms with E-state index in [0.29, 0.717) is 12.2 Å². The molecule has 0 heterocycles. The average Bonchev–Trinajstić information content (AvgIpc) is 2.14. The lowest BCUT2D eigenvalue weighted by molar-refractivity contribution is 0.0657. The van der Waals surface area contributed by atoms with Crippen LogP contribution in [0.3, 0.4) is 0 Å². The smallest absolute Gasteiger partial charge is 0.0991 e. The zero-order valence-corrected chi connectivity index (χ0v) is 8.87. The topological polar surface area (TPSA) is 33.0 Å². The van der Waals surface area contributed by atoms with Gasteiger partial charge in [-0.15, -0.1) is 0 Å². The minimum atomic E-state index is 0.223. The summed E-state index contributed by atoms with van der Waals surface area (Å²) in [6, 6.07) is 7.93. The Kier molecular flexibility index (Phi) is 3.67. The molecule has 74 valence electrons. The summed E-state index contributed by atoms with van der Waals surface area (Å²) in [5.41, 5.74) is 2.87. The Labute approximate surface area is 85.1 Å². The number of aryl methyl sites for hydroxylation is 1. The highest BCUT2D eigenvalue weighted by molar-refractivity contribution is 5.36. The molecular formula is C12H15NO. The molecule has 0 saturated heterocycles. The van der Waals surface area contributed by atoms with Gasteiger partial charge in [-0.2, -0.15) is 5.26 Å². The summed E-state index contributed by atoms with van der Waals surface area (Å²) in [7, 11) is 0. The molecule has 0 unspecified atom stereocenters. The molecule has 0 atom stereocenters. The number of benzene rings is 1. The van der Waals surface area contributed by atoms with Crippen molar-refractivity contribution in [1.29, 1.82) is 5.26 Å². The molecule has 0 bridgehead atoms. The highest BCUT2D eigenvalue weighted by Crippen LogP contribution is 2.10. The first-order chi connectivity index (χ1) is 6.61. The third kappa shape index (κ3) is 3.20. The minimum absolute atomic E-state index is 0.223. The van der Waals surface area contributed by atoms with Gasteiger partial charge in [-0.3, -0.25) is 0 Å². The Hall–Kier alpha value is -1.33. The SMILES string of the molecule is Cc1cc(C#N)cc(COC(C)C)c1. The predicted octanol–water partition coefficient (Wildman–Crippen LogP) is 2.79. The van der Waals surface area contributed by atoms with Gasteiger partial charge in [0, 0.05) is 0 Å². The molecule has 2 heteroatoms. The van der Waals surface area contributed by atoms with Crippen molar-refractivity contribution in [2.45, 2.75) is 33.5 Å². The van der Waals surface area contributed by atoms with Crippen LogP contribution in [0.15, 0.2) is 18.2 Å². The molecule has 1 aromatic rings. The molecule has 0 aliphatic carbocycles. The Bertz CT molecular complexity index is 350. The van der Waals surface area contributed by atoms with Crippen LogP contribution in [-0.2, 0) is 11.3 Å². The molecule has 14 heavy (non-hydrogen) atoms. The van der Waals surface area contributed by atoms with E-state index in [9.17, 15) is 0 Å². The van der Waals surface area contributed by atoms with Crippen LogP contribution in [0.4, 0.5) is 0 Å². The van der Waals surface area contributed by atoms with Crippen LogP contribution in [0.2, 0.25) is 0 Å². The third-order valence-electron chi connectivity index (χ3n) is 1.85. The number of hydrogen-bond acceptors (Lipinski definition) is 2. The number of ether oxygens (including phenoxy) is 1. The van der Waals surface area contributed by atoms with Gasteiger partial charge in [0.25, 0.3) is 0 Å². The minimum Gasteiger partial charge on any atom is -0.374 e. The largest absolute Gasteiger partial charge is 0.374 e. The van der Waals surface area contributed by atoms with E-state index in [1.165, 1.54) is 0 Å². The standard InChI is InChI=1S/C12H15NO/c1-9(2)14-8-12-5-10(3)4-11(6-12)7-13/h4-6,9H,8H2,1-3H3. The first-order valence-electron chi connectivity index (χ1n) is 4.74. The van der Waals surface area contributed by atoms with Crippen LogP contribution in [0.5, 0.6) is 0 Å². The van der Waals surface area contributed by atoms with Crippen molar-refractivity contribution in [2.24, 2.45) is 0 Å². The zero-order chi connectivity index (χ0) is 10.6. The van der Waals surface area contributed by atoms with E-state index in [0.717, 1.165) is 11.1 Å². The highest BCUT2D eigenvalue weighted by atomic mass is 16.5. The second-order valence-corrected chi connectivity index (χ2v) is 3.68. The fourth-order valence-electron chi connectivity index (χ4n) is 1.27. The zero-order valence-electron chi connectivity index (χ0n) is 8.87. The molecule has 0 radical (unpaired) electrons. The summed E-state index contributed by atoms with van der Waals surface area (Å²) < 4.78 is 5.47. The summed E-state index contributed by atoms with van der Waals surface area (Å²) in [4.78, 5) is 0. The molecule has 0 aliphatic rings. The van der Waals surface area contributed by atoms with Gasteiger partial charge in [0.15, 0.2) is 0 Å². The van der Waals surface area contributed by atoms with Crippen LogP contribution in [0, 0.1) is 18.3 Å². The molecule has 0 aromatic heterocycles. The van der Waals surface area contributed by atoms with Gasteiger partial charge in [-0.1, -0.05) is 6.07 Å². The van der Waals surface area contributed by atoms with Crippen LogP contribution < -0.4 is 0 Å². The third-order valence-corrected chi connectivity index (χ3v) is 1.85. The van der Waals surface area contributed by atoms with Gasteiger partial charge in [0.2, 0.25) is 0 Å². The highest BCUT2D eigenvalue weighted by Gasteiger charge is 1.99. The maximum Gasteiger partial charge on any atom is 0.0991 e. The number of rotatable bonds is 3. The molecule has 2 nitrogen and oxygen atoms in total. The molecule has 0 fully saturated rings. The second kappa shape index (κ2) is 4.78. The quantitative estimate of drug-likeness (QED) is 0.732. The molecule has 0 saturated carbocycles. The van der Waals surface area contributed by atoms with E-state index in [2.05, 4.69) is 6.07 Å². The van der Waals surface area contributed by atoms with Gasteiger partial charge in [0.05, 0.1) is 24.3 Å². The van der Waals surface area contributed by atoms with E-state index < -0.39 is 0 Å². The van der Waals surface area contributed by atoms with Gasteiger partial charge < -0.3 is 4.74 Å². The average molecular weight is 189 g/mol. The lowest BCUT2D eigenvalue weighted by atomic mass is 10.1. The van der Waals surface area contributed by atoms with Crippen molar-refractivity contribution < 1.29 is 4.74 Å². The predicted molar refractivity (Wildman–Crippen MR) is 55.8 cm³/mol. The Morgan fingerprint density at radius 3 is 2.64 bits per heavy atom. The lowest BCUT2D eigenvalue weighted by Gasteiger charge is -2.08. The van der Waals surface area contributed by atoms with Gasteiger partial charge in [-0.25, -0.2) is 0 Å². The van der Waals surface area contributed by atoms with Crippen molar-refractivity contribution in [2.75, 3.05) is 0 Å². The number of hydrogen-bond donors (Lipinski definition) is 0. The van der Waals surface area contributed by atoms with Gasteiger partial charge in [-0.05, 0) is 44.0 Å². The Balaban J connectivity index is 2.78. The van der Waals surface area contributed by atoms with E-state index in [-0.39, 0.29) is 6.10 Å². The van der Waals surface area contributed by atoms with Crippen LogP contribution >= 0.6 is 0 Å². The summed E-state index contributed by atoms with van der Waals surface area (Å²) in [6.45, 7) is 6.57. The summed E-state index contributed by atoms with van der Waals surface area (Å²) in [5.74, 6) is 0. The first kappa shape index (κ1) is 10.7. The second-order valence-electron chi connectivity index (χ2n) is 3.68. The Morgan fingerprint density at radius 1 is 1.36 bits per heavy atom. The van der Waals surface area contributed by atoms with Gasteiger partial charge in [0.1, 0.15) is 0 Å². The maximum atomic E-state index is 8.77. The number of nitrogens with zero attached hydrogens (tertiary/aromatic N) is 1. The monoisotopic (exact) mass is 189 g/mol. The molecule has 0 aliphatic heterocycles. The number of nitriles is 1. The normalized spacial score (nSPS) is 10.2. The van der Waals surface area contributed by atoms with Crippen LogP contribution in [-0.4, -0.2) is 6.10 Å². The first-order valence-corrected chi connectivity index (χ1v) is 4.74. The van der Waals surface area contributed by atoms with Crippen molar-refractivity contribution in [3.8, 4) is 6.07 Å². The summed E-state index contributed by atoms with van der Waals surface area (Å²) >= 11 is 0. The van der Waals surface area contributed by atoms with Crippen LogP contribution in [0.1, 0.15) is 30.5 Å². The van der Waals surface area contributed by atoms with Crippen molar-refractivity contribution in [3.05, 3.63) is 34.9 Å². The van der Waals surface area contributed by atoms with Crippen molar-refractivity contribution in [3.63, 3.8) is 0 Å². The fraction of sp³-hybridized carbons (Fsp3) is 0.417.